The molecular weight excluding hydrogens is 993 g/mol. The Hall–Kier alpha value is -10.7. The Morgan fingerprint density at radius 2 is 0.500 bits per heavy atom. The van der Waals surface area contributed by atoms with Crippen LogP contribution in [0.3, 0.4) is 0 Å². The lowest BCUT2D eigenvalue weighted by Gasteiger charge is -2.14. The van der Waals surface area contributed by atoms with Gasteiger partial charge in [0.15, 0.2) is 0 Å². The second-order valence-corrected chi connectivity index (χ2v) is 21.8. The molecule has 4 heteroatoms. The van der Waals surface area contributed by atoms with Crippen LogP contribution < -0.4 is 0 Å². The Balaban J connectivity index is 0.935. The number of hydrogen-bond acceptors (Lipinski definition) is 0. The second kappa shape index (κ2) is 19.0. The Labute approximate surface area is 475 Å². The minimum Gasteiger partial charge on any atom is -0.309 e. The van der Waals surface area contributed by atoms with Gasteiger partial charge in [-0.15, -0.1) is 0 Å². The van der Waals surface area contributed by atoms with Crippen molar-refractivity contribution in [3.63, 3.8) is 0 Å². The molecule has 0 bridgehead atoms. The van der Waals surface area contributed by atoms with Crippen molar-refractivity contribution in [2.45, 2.75) is 13.8 Å². The van der Waals surface area contributed by atoms with Crippen LogP contribution in [0.5, 0.6) is 0 Å². The molecule has 0 radical (unpaired) electrons. The van der Waals surface area contributed by atoms with Gasteiger partial charge in [-0.05, 0) is 144 Å². The molecule has 4 nitrogen and oxygen atoms in total. The molecule has 386 valence electrons. The highest BCUT2D eigenvalue weighted by atomic mass is 15.0. The summed E-state index contributed by atoms with van der Waals surface area (Å²) in [7, 11) is 0. The molecule has 0 N–H and O–H groups in total. The summed E-state index contributed by atoms with van der Waals surface area (Å²) in [6.07, 6.45) is 0. The predicted octanol–water partition coefficient (Wildman–Crippen LogP) is 20.7. The van der Waals surface area contributed by atoms with Crippen LogP contribution in [0.25, 0.3) is 144 Å². The van der Waals surface area contributed by atoms with Gasteiger partial charge < -0.3 is 18.3 Å². The average molecular weight is 1050 g/mol. The summed E-state index contributed by atoms with van der Waals surface area (Å²) in [4.78, 5) is 0. The SMILES string of the molecule is Cc1ccc(-n2c3ccccc3c3cc(-n4c(-c5ccccc5)c(-c5ccccc5)c5cc(-c6ccc7c(c6)c(-c6ccccc6)c(-c6ccccc6)n7-c6ccc7c(c6)c6ccccc6n7-c6ccc(C)cc6)ccc54)ccc32)cc1. The zero-order valence-electron chi connectivity index (χ0n) is 45.5. The first-order valence-electron chi connectivity index (χ1n) is 28.3. The van der Waals surface area contributed by atoms with Crippen LogP contribution in [0.2, 0.25) is 0 Å². The van der Waals surface area contributed by atoms with E-state index in [9.17, 15) is 0 Å². The number of rotatable bonds is 9. The van der Waals surface area contributed by atoms with Gasteiger partial charge in [-0.1, -0.05) is 205 Å². The molecule has 0 aliphatic rings. The Bertz CT molecular complexity index is 4790. The number of benzene rings is 12. The molecule has 16 aromatic rings. The Morgan fingerprint density at radius 1 is 0.195 bits per heavy atom. The Kier molecular flexibility index (Phi) is 11.0. The van der Waals surface area contributed by atoms with Crippen molar-refractivity contribution in [1.82, 2.24) is 18.3 Å². The van der Waals surface area contributed by atoms with Crippen molar-refractivity contribution < 1.29 is 0 Å². The topological polar surface area (TPSA) is 19.7 Å². The van der Waals surface area contributed by atoms with Gasteiger partial charge in [0.1, 0.15) is 0 Å². The number of fused-ring (bicyclic) bond motifs is 8. The van der Waals surface area contributed by atoms with Crippen molar-refractivity contribution in [2.75, 3.05) is 0 Å². The second-order valence-electron chi connectivity index (χ2n) is 21.8. The number of hydrogen-bond donors (Lipinski definition) is 0. The summed E-state index contributed by atoms with van der Waals surface area (Å²) in [6.45, 7) is 4.30. The normalized spacial score (nSPS) is 11.8. The summed E-state index contributed by atoms with van der Waals surface area (Å²) in [5, 5.41) is 7.26. The van der Waals surface area contributed by atoms with Crippen LogP contribution in [0.4, 0.5) is 0 Å². The zero-order valence-corrected chi connectivity index (χ0v) is 45.5. The fourth-order valence-electron chi connectivity index (χ4n) is 13.2. The lowest BCUT2D eigenvalue weighted by atomic mass is 9.94. The van der Waals surface area contributed by atoms with Gasteiger partial charge in [0, 0.05) is 66.2 Å². The molecule has 0 saturated heterocycles. The van der Waals surface area contributed by atoms with E-state index in [-0.39, 0.29) is 0 Å². The number of aromatic nitrogens is 4. The number of para-hydroxylation sites is 2. The highest BCUT2D eigenvalue weighted by Crippen LogP contribution is 2.48. The van der Waals surface area contributed by atoms with E-state index in [1.165, 1.54) is 87.8 Å². The van der Waals surface area contributed by atoms with E-state index in [1.807, 2.05) is 0 Å². The molecule has 0 aliphatic carbocycles. The van der Waals surface area contributed by atoms with Crippen LogP contribution in [0.15, 0.2) is 291 Å². The molecular formula is C78H54N4. The third kappa shape index (κ3) is 7.53. The van der Waals surface area contributed by atoms with Crippen molar-refractivity contribution in [1.29, 1.82) is 0 Å². The summed E-state index contributed by atoms with van der Waals surface area (Å²) < 4.78 is 9.82. The predicted molar refractivity (Wildman–Crippen MR) is 345 cm³/mol. The molecule has 0 aliphatic heterocycles. The first kappa shape index (κ1) is 47.3. The molecule has 82 heavy (non-hydrogen) atoms. The third-order valence-electron chi connectivity index (χ3n) is 16.9. The van der Waals surface area contributed by atoms with Gasteiger partial charge in [0.25, 0.3) is 0 Å². The van der Waals surface area contributed by atoms with Gasteiger partial charge in [0.05, 0.1) is 44.5 Å². The molecule has 16 rings (SSSR count). The third-order valence-corrected chi connectivity index (χ3v) is 16.9. The lowest BCUT2D eigenvalue weighted by molar-refractivity contribution is 1.13. The van der Waals surface area contributed by atoms with E-state index in [0.29, 0.717) is 0 Å². The van der Waals surface area contributed by atoms with Crippen LogP contribution in [-0.2, 0) is 0 Å². The monoisotopic (exact) mass is 1050 g/mol. The van der Waals surface area contributed by atoms with Gasteiger partial charge in [-0.25, -0.2) is 0 Å². The molecule has 0 unspecified atom stereocenters. The molecule has 12 aromatic carbocycles. The molecule has 0 fully saturated rings. The summed E-state index contributed by atoms with van der Waals surface area (Å²) in [5.74, 6) is 0. The molecule has 0 saturated carbocycles. The summed E-state index contributed by atoms with van der Waals surface area (Å²) >= 11 is 0. The summed E-state index contributed by atoms with van der Waals surface area (Å²) in [5.41, 5.74) is 25.7. The van der Waals surface area contributed by atoms with Crippen molar-refractivity contribution >= 4 is 65.4 Å². The van der Waals surface area contributed by atoms with E-state index in [1.54, 1.807) is 0 Å². The fraction of sp³-hybridized carbons (Fsp3) is 0.0256. The van der Waals surface area contributed by atoms with Gasteiger partial charge in [0.2, 0.25) is 0 Å². The van der Waals surface area contributed by atoms with E-state index >= 15 is 0 Å². The fourth-order valence-corrected chi connectivity index (χ4v) is 13.2. The van der Waals surface area contributed by atoms with Gasteiger partial charge in [-0.3, -0.25) is 0 Å². The highest BCUT2D eigenvalue weighted by Gasteiger charge is 2.26. The van der Waals surface area contributed by atoms with Crippen LogP contribution in [0, 0.1) is 13.8 Å². The maximum Gasteiger partial charge on any atom is 0.0619 e. The van der Waals surface area contributed by atoms with E-state index in [4.69, 9.17) is 0 Å². The first-order chi connectivity index (χ1) is 40.5. The number of aryl methyl sites for hydroxylation is 2. The highest BCUT2D eigenvalue weighted by molar-refractivity contribution is 6.14. The van der Waals surface area contributed by atoms with E-state index < -0.39 is 0 Å². The molecule has 0 amide bonds. The maximum absolute atomic E-state index is 2.51. The molecule has 4 heterocycles. The van der Waals surface area contributed by atoms with E-state index in [2.05, 4.69) is 323 Å². The Morgan fingerprint density at radius 3 is 0.890 bits per heavy atom. The minimum atomic E-state index is 1.11. The van der Waals surface area contributed by atoms with Crippen molar-refractivity contribution in [3.05, 3.63) is 302 Å². The first-order valence-corrected chi connectivity index (χ1v) is 28.3. The van der Waals surface area contributed by atoms with E-state index in [0.717, 1.165) is 67.4 Å². The molecule has 0 atom stereocenters. The standard InChI is InChI=1S/C78H54N4/c1-51-31-37-59(38-32-51)79-69-29-17-15-27-63(69)65-49-61(41-45-71(65)79)81-73-43-35-57(47-67(73)75(53-19-7-3-8-20-53)77(81)55-23-11-5-12-24-55)58-36-44-74-68(48-58)76(54-21-9-4-10-22-54)78(56-25-13-6-14-26-56)82(74)62-42-46-72-66(50-62)64-28-16-18-30-70(64)80(72)60-39-33-52(2)34-40-60/h3-50H,1-2H3. The molecule has 4 aromatic heterocycles. The largest absolute Gasteiger partial charge is 0.309 e. The van der Waals surface area contributed by atoms with Crippen LogP contribution in [0.1, 0.15) is 11.1 Å². The number of nitrogens with zero attached hydrogens (tertiary/aromatic N) is 4. The van der Waals surface area contributed by atoms with Crippen molar-refractivity contribution in [2.24, 2.45) is 0 Å². The zero-order chi connectivity index (χ0) is 54.4. The smallest absolute Gasteiger partial charge is 0.0619 e. The van der Waals surface area contributed by atoms with Gasteiger partial charge >= 0.3 is 0 Å². The van der Waals surface area contributed by atoms with Crippen LogP contribution in [-0.4, -0.2) is 18.3 Å². The van der Waals surface area contributed by atoms with Gasteiger partial charge in [-0.2, -0.15) is 0 Å². The van der Waals surface area contributed by atoms with Crippen LogP contribution >= 0.6 is 0 Å². The average Bonchev–Trinajstić information content (AvgIpc) is 3.86. The maximum atomic E-state index is 2.51. The summed E-state index contributed by atoms with van der Waals surface area (Å²) in [6, 6.07) is 108. The minimum absolute atomic E-state index is 1.11. The quantitative estimate of drug-likeness (QED) is 0.137. The molecule has 0 spiro atoms. The lowest BCUT2D eigenvalue weighted by Crippen LogP contribution is -1.98. The van der Waals surface area contributed by atoms with Crippen molar-refractivity contribution in [3.8, 4) is 78.6 Å².